The maximum Gasteiger partial charge on any atom is 0.253 e. The molecule has 0 aromatic heterocycles. The third kappa shape index (κ3) is 3.20. The van der Waals surface area contributed by atoms with Crippen molar-refractivity contribution in [1.29, 1.82) is 0 Å². The normalized spacial score (nSPS) is 20.0. The summed E-state index contributed by atoms with van der Waals surface area (Å²) in [4.78, 5) is 14.3. The number of hydrogen-bond donors (Lipinski definition) is 1. The molecule has 0 aliphatic heterocycles. The second-order valence-electron chi connectivity index (χ2n) is 5.60. The second kappa shape index (κ2) is 6.11. The van der Waals surface area contributed by atoms with Crippen molar-refractivity contribution in [2.75, 3.05) is 20.2 Å². The zero-order chi connectivity index (χ0) is 14.7. The van der Waals surface area contributed by atoms with Crippen molar-refractivity contribution in [2.45, 2.75) is 20.3 Å². The lowest BCUT2D eigenvalue weighted by molar-refractivity contribution is 0.0786. The summed E-state index contributed by atoms with van der Waals surface area (Å²) in [5.41, 5.74) is 2.39. The molecule has 1 aromatic carbocycles. The van der Waals surface area contributed by atoms with Crippen molar-refractivity contribution in [1.82, 2.24) is 4.90 Å². The molecule has 1 amide bonds. The Balaban J connectivity index is 2.16. The maximum absolute atomic E-state index is 12.5. The fourth-order valence-electron chi connectivity index (χ4n) is 2.43. The summed E-state index contributed by atoms with van der Waals surface area (Å²) in [6.07, 6.45) is 1.22. The molecule has 2 unspecified atom stereocenters. The van der Waals surface area contributed by atoms with Gasteiger partial charge in [0.1, 0.15) is 6.61 Å². The Bertz CT molecular complexity index is 568. The predicted octanol–water partition coefficient (Wildman–Crippen LogP) is 2.07. The van der Waals surface area contributed by atoms with Gasteiger partial charge in [-0.2, -0.15) is 0 Å². The topological polar surface area (TPSA) is 40.5 Å². The number of benzene rings is 1. The highest BCUT2D eigenvalue weighted by Gasteiger charge is 2.34. The Morgan fingerprint density at radius 3 is 2.80 bits per heavy atom. The van der Waals surface area contributed by atoms with Gasteiger partial charge in [0.05, 0.1) is 0 Å². The SMILES string of the molecule is Cc1c(C#CCO)cccc1C(=O)N(C)CC1CC1C. The van der Waals surface area contributed by atoms with Crippen molar-refractivity contribution >= 4 is 5.91 Å². The summed E-state index contributed by atoms with van der Waals surface area (Å²) in [7, 11) is 1.86. The molecule has 1 saturated carbocycles. The fourth-order valence-corrected chi connectivity index (χ4v) is 2.43. The number of carbonyl (C=O) groups excluding carboxylic acids is 1. The largest absolute Gasteiger partial charge is 0.384 e. The minimum atomic E-state index is -0.170. The highest BCUT2D eigenvalue weighted by molar-refractivity contribution is 5.96. The first kappa shape index (κ1) is 14.6. The molecule has 1 aliphatic carbocycles. The predicted molar refractivity (Wildman–Crippen MR) is 79.4 cm³/mol. The van der Waals surface area contributed by atoms with E-state index in [4.69, 9.17) is 5.11 Å². The molecule has 1 fully saturated rings. The zero-order valence-corrected chi connectivity index (χ0v) is 12.3. The van der Waals surface area contributed by atoms with E-state index in [-0.39, 0.29) is 12.5 Å². The summed E-state index contributed by atoms with van der Waals surface area (Å²) in [6.45, 7) is 4.78. The number of hydrogen-bond acceptors (Lipinski definition) is 2. The van der Waals surface area contributed by atoms with Crippen molar-refractivity contribution < 1.29 is 9.90 Å². The van der Waals surface area contributed by atoms with Gasteiger partial charge in [0.25, 0.3) is 5.91 Å². The van der Waals surface area contributed by atoms with Gasteiger partial charge in [-0.1, -0.05) is 24.8 Å². The van der Waals surface area contributed by atoms with Crippen LogP contribution in [0.15, 0.2) is 18.2 Å². The lowest BCUT2D eigenvalue weighted by Crippen LogP contribution is -2.29. The molecule has 0 saturated heterocycles. The van der Waals surface area contributed by atoms with Gasteiger partial charge in [-0.05, 0) is 42.9 Å². The van der Waals surface area contributed by atoms with Gasteiger partial charge in [0, 0.05) is 24.7 Å². The van der Waals surface area contributed by atoms with E-state index in [1.807, 2.05) is 32.2 Å². The maximum atomic E-state index is 12.5. The van der Waals surface area contributed by atoms with Crippen LogP contribution < -0.4 is 0 Å². The summed E-state index contributed by atoms with van der Waals surface area (Å²) >= 11 is 0. The third-order valence-electron chi connectivity index (χ3n) is 4.00. The lowest BCUT2D eigenvalue weighted by Gasteiger charge is -2.18. The van der Waals surface area contributed by atoms with Gasteiger partial charge in [-0.15, -0.1) is 0 Å². The number of amides is 1. The summed E-state index contributed by atoms with van der Waals surface area (Å²) in [5, 5.41) is 8.77. The second-order valence-corrected chi connectivity index (χ2v) is 5.60. The van der Waals surface area contributed by atoms with E-state index < -0.39 is 0 Å². The summed E-state index contributed by atoms with van der Waals surface area (Å²) in [5.74, 6) is 6.96. The van der Waals surface area contributed by atoms with Crippen molar-refractivity contribution in [3.05, 3.63) is 34.9 Å². The average Bonchev–Trinajstić information content (AvgIpc) is 3.12. The summed E-state index contributed by atoms with van der Waals surface area (Å²) in [6, 6.07) is 5.56. The smallest absolute Gasteiger partial charge is 0.253 e. The number of aliphatic hydroxyl groups is 1. The van der Waals surface area contributed by atoms with Crippen molar-refractivity contribution in [2.24, 2.45) is 11.8 Å². The summed E-state index contributed by atoms with van der Waals surface area (Å²) < 4.78 is 0. The van der Waals surface area contributed by atoms with E-state index in [2.05, 4.69) is 18.8 Å². The molecule has 106 valence electrons. The number of nitrogens with zero attached hydrogens (tertiary/aromatic N) is 1. The highest BCUT2D eigenvalue weighted by Crippen LogP contribution is 2.38. The van der Waals surface area contributed by atoms with Gasteiger partial charge < -0.3 is 10.0 Å². The van der Waals surface area contributed by atoms with Crippen LogP contribution in [0.3, 0.4) is 0 Å². The molecular weight excluding hydrogens is 250 g/mol. The van der Waals surface area contributed by atoms with Crippen LogP contribution in [0.25, 0.3) is 0 Å². The zero-order valence-electron chi connectivity index (χ0n) is 12.3. The van der Waals surface area contributed by atoms with Crippen molar-refractivity contribution in [3.63, 3.8) is 0 Å². The van der Waals surface area contributed by atoms with Crippen LogP contribution in [0.4, 0.5) is 0 Å². The monoisotopic (exact) mass is 271 g/mol. The van der Waals surface area contributed by atoms with Crippen LogP contribution in [0.2, 0.25) is 0 Å². The number of carbonyl (C=O) groups is 1. The first-order chi connectivity index (χ1) is 9.54. The number of rotatable bonds is 3. The molecule has 1 aromatic rings. The molecule has 1 N–H and O–H groups in total. The molecule has 3 heteroatoms. The molecule has 2 rings (SSSR count). The van der Waals surface area contributed by atoms with Crippen LogP contribution in [-0.4, -0.2) is 36.1 Å². The first-order valence-electron chi connectivity index (χ1n) is 6.99. The van der Waals surface area contributed by atoms with E-state index in [1.54, 1.807) is 4.90 Å². The molecule has 0 heterocycles. The van der Waals surface area contributed by atoms with Crippen molar-refractivity contribution in [3.8, 4) is 11.8 Å². The lowest BCUT2D eigenvalue weighted by atomic mass is 10.0. The van der Waals surface area contributed by atoms with Gasteiger partial charge in [0.15, 0.2) is 0 Å². The molecule has 1 aliphatic rings. The van der Waals surface area contributed by atoms with E-state index in [0.29, 0.717) is 11.5 Å². The standard InChI is InChI=1S/C17H21NO2/c1-12-10-15(12)11-18(3)17(20)16-8-4-6-14(13(16)2)7-5-9-19/h4,6,8,12,15,19H,9-11H2,1-3H3. The van der Waals surface area contributed by atoms with E-state index >= 15 is 0 Å². The third-order valence-corrected chi connectivity index (χ3v) is 4.00. The minimum absolute atomic E-state index is 0.0502. The first-order valence-corrected chi connectivity index (χ1v) is 6.99. The molecular formula is C17H21NO2. The Hall–Kier alpha value is -1.79. The Labute approximate surface area is 120 Å². The van der Waals surface area contributed by atoms with E-state index in [0.717, 1.165) is 23.6 Å². The highest BCUT2D eigenvalue weighted by atomic mass is 16.2. The Morgan fingerprint density at radius 2 is 2.20 bits per heavy atom. The molecule has 2 atom stereocenters. The van der Waals surface area contributed by atoms with Crippen LogP contribution in [-0.2, 0) is 0 Å². The van der Waals surface area contributed by atoms with Crippen LogP contribution in [0, 0.1) is 30.6 Å². The van der Waals surface area contributed by atoms with Crippen LogP contribution in [0.5, 0.6) is 0 Å². The average molecular weight is 271 g/mol. The van der Waals surface area contributed by atoms with Crippen LogP contribution in [0.1, 0.15) is 34.8 Å². The van der Waals surface area contributed by atoms with E-state index in [9.17, 15) is 4.79 Å². The van der Waals surface area contributed by atoms with Gasteiger partial charge in [0.2, 0.25) is 0 Å². The minimum Gasteiger partial charge on any atom is -0.384 e. The number of aliphatic hydroxyl groups excluding tert-OH is 1. The Morgan fingerprint density at radius 1 is 1.50 bits per heavy atom. The van der Waals surface area contributed by atoms with Gasteiger partial charge in [-0.3, -0.25) is 4.79 Å². The quantitative estimate of drug-likeness (QED) is 0.855. The fraction of sp³-hybridized carbons (Fsp3) is 0.471. The van der Waals surface area contributed by atoms with Crippen LogP contribution >= 0.6 is 0 Å². The molecule has 20 heavy (non-hydrogen) atoms. The molecule has 0 radical (unpaired) electrons. The molecule has 0 spiro atoms. The van der Waals surface area contributed by atoms with Gasteiger partial charge >= 0.3 is 0 Å². The molecule has 0 bridgehead atoms. The van der Waals surface area contributed by atoms with Gasteiger partial charge in [-0.25, -0.2) is 0 Å². The molecule has 3 nitrogen and oxygen atoms in total. The Kier molecular flexibility index (Phi) is 4.46. The van der Waals surface area contributed by atoms with E-state index in [1.165, 1.54) is 6.42 Å².